The van der Waals surface area contributed by atoms with Crippen LogP contribution in [0.5, 0.6) is 0 Å². The van der Waals surface area contributed by atoms with E-state index in [2.05, 4.69) is 25.5 Å². The number of hydrogen-bond acceptors (Lipinski definition) is 6. The van der Waals surface area contributed by atoms with Gasteiger partial charge in [0.25, 0.3) is 0 Å². The largest absolute Gasteiger partial charge is 0.378 e. The van der Waals surface area contributed by atoms with E-state index in [1.165, 1.54) is 0 Å². The number of nitrogens with zero attached hydrogens (tertiary/aromatic N) is 5. The summed E-state index contributed by atoms with van der Waals surface area (Å²) in [6.45, 7) is 2.95. The molecule has 0 spiro atoms. The van der Waals surface area contributed by atoms with Gasteiger partial charge in [0, 0.05) is 60.9 Å². The normalized spacial score (nSPS) is 13.9. The summed E-state index contributed by atoms with van der Waals surface area (Å²) in [7, 11) is 0. The molecule has 0 bridgehead atoms. The van der Waals surface area contributed by atoms with Gasteiger partial charge in [0.2, 0.25) is 5.95 Å². The second kappa shape index (κ2) is 8.41. The minimum Gasteiger partial charge on any atom is -0.378 e. The minimum absolute atomic E-state index is 0.314. The fourth-order valence-corrected chi connectivity index (χ4v) is 3.49. The van der Waals surface area contributed by atoms with Gasteiger partial charge < -0.3 is 20.3 Å². The maximum atomic E-state index is 12.2. The zero-order chi connectivity index (χ0) is 21.0. The summed E-state index contributed by atoms with van der Waals surface area (Å²) in [6, 6.07) is 12.7. The molecule has 1 aromatic carbocycles. The van der Waals surface area contributed by atoms with Crippen LogP contribution in [0.2, 0.25) is 0 Å². The summed E-state index contributed by atoms with van der Waals surface area (Å²) in [6.07, 6.45) is 6.95. The lowest BCUT2D eigenvalue weighted by molar-refractivity contribution is 0.122. The van der Waals surface area contributed by atoms with Crippen molar-refractivity contribution < 1.29 is 9.53 Å². The van der Waals surface area contributed by atoms with E-state index in [9.17, 15) is 4.79 Å². The number of urea groups is 1. The Kier molecular flexibility index (Phi) is 5.16. The van der Waals surface area contributed by atoms with E-state index in [0.29, 0.717) is 24.6 Å². The SMILES string of the molecule is O=C(Nc1ccncc1)Nc1ccc(-c2cc3nccn3c(N3CCOCC3)n2)cc1. The van der Waals surface area contributed by atoms with Crippen molar-refractivity contribution in [3.05, 3.63) is 67.3 Å². The number of hydrogen-bond donors (Lipinski definition) is 2. The second-order valence-electron chi connectivity index (χ2n) is 7.09. The summed E-state index contributed by atoms with van der Waals surface area (Å²) in [5.74, 6) is 0.854. The highest BCUT2D eigenvalue weighted by Gasteiger charge is 2.17. The van der Waals surface area contributed by atoms with Gasteiger partial charge in [0.15, 0.2) is 0 Å². The molecular weight excluding hydrogens is 394 g/mol. The predicted octanol–water partition coefficient (Wildman–Crippen LogP) is 3.27. The van der Waals surface area contributed by atoms with Gasteiger partial charge in [-0.15, -0.1) is 0 Å². The first-order chi connectivity index (χ1) is 15.3. The number of carbonyl (C=O) groups excluding carboxylic acids is 1. The van der Waals surface area contributed by atoms with Gasteiger partial charge in [-0.05, 0) is 24.3 Å². The number of aromatic nitrogens is 4. The highest BCUT2D eigenvalue weighted by atomic mass is 16.5. The minimum atomic E-state index is -0.314. The van der Waals surface area contributed by atoms with Crippen LogP contribution in [0.3, 0.4) is 0 Å². The highest BCUT2D eigenvalue weighted by molar-refractivity contribution is 5.99. The summed E-state index contributed by atoms with van der Waals surface area (Å²) in [4.78, 5) is 27.7. The first kappa shape index (κ1) is 19.0. The standard InChI is InChI=1S/C22H21N7O2/c30-21(26-18-5-7-23-8-6-18)25-17-3-1-16(2-4-17)19-15-20-24-9-10-29(20)22(27-19)28-11-13-31-14-12-28/h1-10,15H,11-14H2,(H2,23,25,26,30). The number of carbonyl (C=O) groups is 1. The first-order valence-corrected chi connectivity index (χ1v) is 10.0. The van der Waals surface area contributed by atoms with E-state index in [1.54, 1.807) is 30.7 Å². The Morgan fingerprint density at radius 1 is 0.935 bits per heavy atom. The van der Waals surface area contributed by atoms with E-state index in [4.69, 9.17) is 9.72 Å². The van der Waals surface area contributed by atoms with Crippen molar-refractivity contribution in [2.45, 2.75) is 0 Å². The van der Waals surface area contributed by atoms with E-state index in [1.807, 2.05) is 40.9 Å². The van der Waals surface area contributed by atoms with Crippen LogP contribution < -0.4 is 15.5 Å². The Bertz CT molecular complexity index is 1190. The lowest BCUT2D eigenvalue weighted by Gasteiger charge is -2.28. The van der Waals surface area contributed by atoms with Crippen LogP contribution in [0.25, 0.3) is 16.9 Å². The van der Waals surface area contributed by atoms with Gasteiger partial charge >= 0.3 is 6.03 Å². The van der Waals surface area contributed by atoms with Crippen LogP contribution in [-0.2, 0) is 4.74 Å². The molecule has 156 valence electrons. The van der Waals surface area contributed by atoms with Gasteiger partial charge in [-0.3, -0.25) is 9.38 Å². The number of rotatable bonds is 4. The van der Waals surface area contributed by atoms with Gasteiger partial charge in [-0.1, -0.05) is 12.1 Å². The maximum Gasteiger partial charge on any atom is 0.323 e. The van der Waals surface area contributed by atoms with Gasteiger partial charge in [0.05, 0.1) is 18.9 Å². The molecule has 0 unspecified atom stereocenters. The third kappa shape index (κ3) is 4.17. The van der Waals surface area contributed by atoms with Crippen molar-refractivity contribution in [1.82, 2.24) is 19.4 Å². The zero-order valence-corrected chi connectivity index (χ0v) is 16.7. The first-order valence-electron chi connectivity index (χ1n) is 10.0. The number of amides is 2. The van der Waals surface area contributed by atoms with Crippen molar-refractivity contribution in [3.63, 3.8) is 0 Å². The number of nitrogens with one attached hydrogen (secondary N) is 2. The fraction of sp³-hybridized carbons (Fsp3) is 0.182. The molecular formula is C22H21N7O2. The molecule has 1 fully saturated rings. The number of pyridine rings is 1. The molecule has 0 atom stereocenters. The van der Waals surface area contributed by atoms with Gasteiger partial charge in [-0.25, -0.2) is 14.8 Å². The third-order valence-corrected chi connectivity index (χ3v) is 5.04. The van der Waals surface area contributed by atoms with E-state index < -0.39 is 0 Å². The lowest BCUT2D eigenvalue weighted by atomic mass is 10.1. The molecule has 2 N–H and O–H groups in total. The predicted molar refractivity (Wildman–Crippen MR) is 118 cm³/mol. The summed E-state index contributed by atoms with van der Waals surface area (Å²) >= 11 is 0. The molecule has 9 heteroatoms. The van der Waals surface area contributed by atoms with Crippen LogP contribution in [0.15, 0.2) is 67.3 Å². The highest BCUT2D eigenvalue weighted by Crippen LogP contribution is 2.25. The van der Waals surface area contributed by atoms with Gasteiger partial charge in [0.1, 0.15) is 5.65 Å². The summed E-state index contributed by atoms with van der Waals surface area (Å²) in [5, 5.41) is 5.60. The lowest BCUT2D eigenvalue weighted by Crippen LogP contribution is -2.38. The smallest absolute Gasteiger partial charge is 0.323 e. The fourth-order valence-electron chi connectivity index (χ4n) is 3.49. The molecule has 2 amide bonds. The molecule has 9 nitrogen and oxygen atoms in total. The number of ether oxygens (including phenoxy) is 1. The summed E-state index contributed by atoms with van der Waals surface area (Å²) in [5.41, 5.74) is 3.97. The Labute approximate surface area is 178 Å². The average molecular weight is 415 g/mol. The van der Waals surface area contributed by atoms with E-state index in [0.717, 1.165) is 35.9 Å². The second-order valence-corrected chi connectivity index (χ2v) is 7.09. The molecule has 1 aliphatic rings. The quantitative estimate of drug-likeness (QED) is 0.531. The van der Waals surface area contributed by atoms with Crippen molar-refractivity contribution >= 4 is 29.0 Å². The van der Waals surface area contributed by atoms with Crippen LogP contribution in [0.1, 0.15) is 0 Å². The summed E-state index contributed by atoms with van der Waals surface area (Å²) < 4.78 is 7.47. The van der Waals surface area contributed by atoms with Crippen LogP contribution in [0, 0.1) is 0 Å². The average Bonchev–Trinajstić information content (AvgIpc) is 3.29. The van der Waals surface area contributed by atoms with Crippen LogP contribution >= 0.6 is 0 Å². The molecule has 3 aromatic heterocycles. The molecule has 1 aliphatic heterocycles. The number of benzene rings is 1. The zero-order valence-electron chi connectivity index (χ0n) is 16.7. The van der Waals surface area contributed by atoms with Crippen molar-refractivity contribution in [2.75, 3.05) is 41.8 Å². The molecule has 1 saturated heterocycles. The molecule has 4 heterocycles. The molecule has 0 radical (unpaired) electrons. The molecule has 0 saturated carbocycles. The Hall–Kier alpha value is -3.98. The van der Waals surface area contributed by atoms with E-state index in [-0.39, 0.29) is 6.03 Å². The third-order valence-electron chi connectivity index (χ3n) is 5.04. The number of imidazole rings is 1. The molecule has 5 rings (SSSR count). The number of fused-ring (bicyclic) bond motifs is 1. The Balaban J connectivity index is 1.36. The topological polar surface area (TPSA) is 96.7 Å². The van der Waals surface area contributed by atoms with Crippen LogP contribution in [0.4, 0.5) is 22.1 Å². The van der Waals surface area contributed by atoms with E-state index >= 15 is 0 Å². The monoisotopic (exact) mass is 415 g/mol. The van der Waals surface area contributed by atoms with Crippen LogP contribution in [-0.4, -0.2) is 51.7 Å². The molecule has 4 aromatic rings. The van der Waals surface area contributed by atoms with Gasteiger partial charge in [-0.2, -0.15) is 0 Å². The van der Waals surface area contributed by atoms with Crippen molar-refractivity contribution in [3.8, 4) is 11.3 Å². The number of morpholine rings is 1. The Morgan fingerprint density at radius 2 is 1.65 bits per heavy atom. The van der Waals surface area contributed by atoms with Crippen molar-refractivity contribution in [2.24, 2.45) is 0 Å². The maximum absolute atomic E-state index is 12.2. The Morgan fingerprint density at radius 3 is 2.39 bits per heavy atom. The molecule has 31 heavy (non-hydrogen) atoms. The molecule has 0 aliphatic carbocycles. The van der Waals surface area contributed by atoms with Crippen molar-refractivity contribution in [1.29, 1.82) is 0 Å². The number of anilines is 3.